The van der Waals surface area contributed by atoms with E-state index in [1.165, 1.54) is 12.1 Å². The summed E-state index contributed by atoms with van der Waals surface area (Å²) >= 11 is 3.38. The normalized spacial score (nSPS) is 14.8. The van der Waals surface area contributed by atoms with Gasteiger partial charge in [0.2, 0.25) is 0 Å². The molecule has 37 heavy (non-hydrogen) atoms. The molecule has 1 aliphatic rings. The lowest BCUT2D eigenvalue weighted by Gasteiger charge is -2.27. The van der Waals surface area contributed by atoms with Crippen LogP contribution in [0.15, 0.2) is 88.9 Å². The first kappa shape index (κ1) is 24.4. The van der Waals surface area contributed by atoms with Crippen LogP contribution in [0, 0.1) is 12.7 Å². The highest BCUT2D eigenvalue weighted by Crippen LogP contribution is 2.33. The van der Waals surface area contributed by atoms with Crippen LogP contribution >= 0.6 is 15.9 Å². The Bertz CT molecular complexity index is 1620. The van der Waals surface area contributed by atoms with Gasteiger partial charge in [-0.1, -0.05) is 64.5 Å². The summed E-state index contributed by atoms with van der Waals surface area (Å²) in [5.41, 5.74) is 1.63. The third kappa shape index (κ3) is 4.75. The summed E-state index contributed by atoms with van der Waals surface area (Å²) in [6.45, 7) is 1.71. The molecule has 1 heterocycles. The average molecular weight is 559 g/mol. The van der Waals surface area contributed by atoms with Crippen LogP contribution < -0.4 is 15.0 Å². The molecule has 1 N–H and O–H groups in total. The van der Waals surface area contributed by atoms with Crippen molar-refractivity contribution in [2.24, 2.45) is 0 Å². The molecule has 1 saturated heterocycles. The van der Waals surface area contributed by atoms with E-state index in [9.17, 15) is 18.8 Å². The molecule has 0 radical (unpaired) electrons. The second-order valence-corrected chi connectivity index (χ2v) is 9.38. The van der Waals surface area contributed by atoms with Gasteiger partial charge in [0, 0.05) is 15.6 Å². The van der Waals surface area contributed by atoms with E-state index in [4.69, 9.17) is 4.74 Å². The van der Waals surface area contributed by atoms with Crippen LogP contribution in [-0.2, 0) is 16.2 Å². The number of halogens is 2. The third-order valence-electron chi connectivity index (χ3n) is 6.06. The fraction of sp³-hybridized carbons (Fsp3) is 0.0690. The predicted octanol–water partition coefficient (Wildman–Crippen LogP) is 6.30. The van der Waals surface area contributed by atoms with Gasteiger partial charge in [-0.3, -0.25) is 14.9 Å². The second-order valence-electron chi connectivity index (χ2n) is 8.47. The average Bonchev–Trinajstić information content (AvgIpc) is 2.87. The van der Waals surface area contributed by atoms with Crippen molar-refractivity contribution in [2.45, 2.75) is 13.5 Å². The molecular weight excluding hydrogens is 539 g/mol. The van der Waals surface area contributed by atoms with Gasteiger partial charge in [-0.15, -0.1) is 0 Å². The SMILES string of the molecule is Cc1cc(Br)ccc1N1C(=O)NC(=O)/C(=C/c2c(OCc3ccccc3F)ccc3ccccc23)C1=O. The number of fused-ring (bicyclic) bond motifs is 1. The number of amides is 4. The van der Waals surface area contributed by atoms with Crippen LogP contribution in [0.3, 0.4) is 0 Å². The number of nitrogens with zero attached hydrogens (tertiary/aromatic N) is 1. The predicted molar refractivity (Wildman–Crippen MR) is 143 cm³/mol. The zero-order valence-corrected chi connectivity index (χ0v) is 21.2. The number of ether oxygens (including phenoxy) is 1. The van der Waals surface area contributed by atoms with Crippen LogP contribution in [0.5, 0.6) is 5.75 Å². The molecule has 1 aliphatic heterocycles. The van der Waals surface area contributed by atoms with Crippen LogP contribution in [0.4, 0.5) is 14.9 Å². The molecule has 8 heteroatoms. The number of benzene rings is 4. The molecule has 0 spiro atoms. The number of imide groups is 2. The number of hydrogen-bond donors (Lipinski definition) is 1. The monoisotopic (exact) mass is 558 g/mol. The number of nitrogens with one attached hydrogen (secondary N) is 1. The lowest BCUT2D eigenvalue weighted by Crippen LogP contribution is -2.54. The van der Waals surface area contributed by atoms with E-state index < -0.39 is 23.7 Å². The molecule has 4 amide bonds. The van der Waals surface area contributed by atoms with Gasteiger partial charge in [0.05, 0.1) is 5.69 Å². The molecule has 0 bridgehead atoms. The maximum Gasteiger partial charge on any atom is 0.335 e. The Labute approximate surface area is 220 Å². The molecule has 4 aromatic rings. The van der Waals surface area contributed by atoms with E-state index in [0.29, 0.717) is 28.1 Å². The number of carbonyl (C=O) groups is 3. The highest BCUT2D eigenvalue weighted by molar-refractivity contribution is 9.10. The topological polar surface area (TPSA) is 75.7 Å². The summed E-state index contributed by atoms with van der Waals surface area (Å²) in [6.07, 6.45) is 1.42. The number of rotatable bonds is 5. The number of hydrogen-bond acceptors (Lipinski definition) is 4. The largest absolute Gasteiger partial charge is 0.488 e. The van der Waals surface area contributed by atoms with Gasteiger partial charge >= 0.3 is 6.03 Å². The minimum atomic E-state index is -0.827. The fourth-order valence-electron chi connectivity index (χ4n) is 4.21. The quantitative estimate of drug-likeness (QED) is 0.230. The van der Waals surface area contributed by atoms with Gasteiger partial charge < -0.3 is 4.74 Å². The van der Waals surface area contributed by atoms with E-state index in [1.54, 1.807) is 49.4 Å². The first-order valence-electron chi connectivity index (χ1n) is 11.4. The van der Waals surface area contributed by atoms with Gasteiger partial charge in [-0.05, 0) is 59.7 Å². The number of anilines is 1. The van der Waals surface area contributed by atoms with Crippen molar-refractivity contribution in [1.29, 1.82) is 0 Å². The lowest BCUT2D eigenvalue weighted by molar-refractivity contribution is -0.122. The van der Waals surface area contributed by atoms with E-state index in [1.807, 2.05) is 30.3 Å². The minimum Gasteiger partial charge on any atom is -0.488 e. The summed E-state index contributed by atoms with van der Waals surface area (Å²) < 4.78 is 21.0. The van der Waals surface area contributed by atoms with Crippen molar-refractivity contribution in [2.75, 3.05) is 4.90 Å². The van der Waals surface area contributed by atoms with E-state index in [0.717, 1.165) is 20.1 Å². The van der Waals surface area contributed by atoms with Crippen molar-refractivity contribution in [3.05, 3.63) is 111 Å². The van der Waals surface area contributed by atoms with Crippen molar-refractivity contribution < 1.29 is 23.5 Å². The molecule has 6 nitrogen and oxygen atoms in total. The molecule has 0 saturated carbocycles. The van der Waals surface area contributed by atoms with Crippen LogP contribution in [0.1, 0.15) is 16.7 Å². The van der Waals surface area contributed by atoms with Crippen molar-refractivity contribution >= 4 is 56.3 Å². The van der Waals surface area contributed by atoms with Crippen LogP contribution in [0.25, 0.3) is 16.8 Å². The van der Waals surface area contributed by atoms with Gasteiger partial charge in [0.1, 0.15) is 23.7 Å². The zero-order chi connectivity index (χ0) is 26.1. The Balaban J connectivity index is 1.60. The van der Waals surface area contributed by atoms with Crippen LogP contribution in [0.2, 0.25) is 0 Å². The highest BCUT2D eigenvalue weighted by Gasteiger charge is 2.37. The van der Waals surface area contributed by atoms with Crippen molar-refractivity contribution in [3.63, 3.8) is 0 Å². The molecule has 4 aromatic carbocycles. The second kappa shape index (κ2) is 9.99. The maximum atomic E-state index is 14.2. The van der Waals surface area contributed by atoms with Crippen molar-refractivity contribution in [3.8, 4) is 5.75 Å². The molecule has 0 unspecified atom stereocenters. The van der Waals surface area contributed by atoms with E-state index in [2.05, 4.69) is 21.2 Å². The maximum absolute atomic E-state index is 14.2. The lowest BCUT2D eigenvalue weighted by atomic mass is 9.99. The van der Waals surface area contributed by atoms with E-state index in [-0.39, 0.29) is 12.2 Å². The Hall–Kier alpha value is -4.30. The Morgan fingerprint density at radius 1 is 0.973 bits per heavy atom. The Morgan fingerprint density at radius 2 is 1.73 bits per heavy atom. The van der Waals surface area contributed by atoms with E-state index >= 15 is 0 Å². The Kier molecular flexibility index (Phi) is 6.58. The highest BCUT2D eigenvalue weighted by atomic mass is 79.9. The summed E-state index contributed by atoms with van der Waals surface area (Å²) in [6, 6.07) is 21.5. The number of urea groups is 1. The van der Waals surface area contributed by atoms with Crippen LogP contribution in [-0.4, -0.2) is 17.8 Å². The molecule has 184 valence electrons. The van der Waals surface area contributed by atoms with Gasteiger partial charge in [-0.25, -0.2) is 14.1 Å². The minimum absolute atomic E-state index is 0.0516. The summed E-state index contributed by atoms with van der Waals surface area (Å²) in [5.74, 6) is -1.61. The zero-order valence-electron chi connectivity index (χ0n) is 19.6. The number of aryl methyl sites for hydroxylation is 1. The van der Waals surface area contributed by atoms with Gasteiger partial charge in [-0.2, -0.15) is 0 Å². The standard InChI is InChI=1S/C29H20BrFN2O4/c1-17-14-20(30)11-12-25(17)33-28(35)23(27(34)32-29(33)36)15-22-21-8-4-2-6-18(21)10-13-26(22)37-16-19-7-3-5-9-24(19)31/h2-15H,16H2,1H3,(H,32,34,36)/b23-15-. The first-order valence-corrected chi connectivity index (χ1v) is 12.2. The van der Waals surface area contributed by atoms with Gasteiger partial charge in [0.25, 0.3) is 11.8 Å². The molecule has 0 atom stereocenters. The smallest absolute Gasteiger partial charge is 0.335 e. The third-order valence-corrected chi connectivity index (χ3v) is 6.56. The van der Waals surface area contributed by atoms with Gasteiger partial charge in [0.15, 0.2) is 0 Å². The Morgan fingerprint density at radius 3 is 2.51 bits per heavy atom. The summed E-state index contributed by atoms with van der Waals surface area (Å²) in [7, 11) is 0. The molecular formula is C29H20BrFN2O4. The number of carbonyl (C=O) groups excluding carboxylic acids is 3. The fourth-order valence-corrected chi connectivity index (χ4v) is 4.69. The summed E-state index contributed by atoms with van der Waals surface area (Å²) in [5, 5.41) is 3.84. The molecule has 1 fully saturated rings. The summed E-state index contributed by atoms with van der Waals surface area (Å²) in [4.78, 5) is 40.0. The van der Waals surface area contributed by atoms with Crippen molar-refractivity contribution in [1.82, 2.24) is 5.32 Å². The molecule has 0 aromatic heterocycles. The first-order chi connectivity index (χ1) is 17.8. The number of barbiturate groups is 1. The molecule has 0 aliphatic carbocycles. The molecule has 5 rings (SSSR count).